The highest BCUT2D eigenvalue weighted by Crippen LogP contribution is 2.48. The first kappa shape index (κ1) is 13.1. The number of halogens is 3. The smallest absolute Gasteiger partial charge is 0.368 e. The summed E-state index contributed by atoms with van der Waals surface area (Å²) in [5, 5.41) is 13.6. The number of hydrogen-bond acceptors (Lipinski definition) is 4. The first-order chi connectivity index (χ1) is 9.43. The van der Waals surface area contributed by atoms with Gasteiger partial charge in [-0.2, -0.15) is 17.7 Å². The molecule has 0 unspecified atom stereocenters. The van der Waals surface area contributed by atoms with E-state index in [4.69, 9.17) is 0 Å². The highest BCUT2D eigenvalue weighted by Gasteiger charge is 2.40. The van der Waals surface area contributed by atoms with Crippen LogP contribution < -0.4 is 5.32 Å². The van der Waals surface area contributed by atoms with Crippen molar-refractivity contribution in [3.63, 3.8) is 0 Å². The van der Waals surface area contributed by atoms with Gasteiger partial charge in [-0.15, -0.1) is 15.3 Å². The zero-order valence-electron chi connectivity index (χ0n) is 10.9. The molecular formula is C12H14F3N5. The molecule has 20 heavy (non-hydrogen) atoms. The molecule has 1 fully saturated rings. The van der Waals surface area contributed by atoms with Gasteiger partial charge in [0.1, 0.15) is 5.82 Å². The standard InChI is InChI=1S/C12H14F3N5/c1-2-11(5-6-11)7-16-8-3-4-9-17-18-10(12(13,14)15)20(9)19-8/h3-4H,2,5-7H2,1H3,(H,16,19). The van der Waals surface area contributed by atoms with E-state index in [2.05, 4.69) is 27.5 Å². The minimum absolute atomic E-state index is 0.0829. The average Bonchev–Trinajstić information content (AvgIpc) is 3.05. The van der Waals surface area contributed by atoms with Crippen LogP contribution in [0.2, 0.25) is 0 Å². The fourth-order valence-corrected chi connectivity index (χ4v) is 2.17. The van der Waals surface area contributed by atoms with E-state index in [9.17, 15) is 13.2 Å². The van der Waals surface area contributed by atoms with Crippen molar-refractivity contribution in [1.82, 2.24) is 19.8 Å². The number of fused-ring (bicyclic) bond motifs is 1. The summed E-state index contributed by atoms with van der Waals surface area (Å²) in [6.45, 7) is 2.85. The molecule has 108 valence electrons. The lowest BCUT2D eigenvalue weighted by Crippen LogP contribution is -2.17. The molecule has 0 saturated heterocycles. The molecule has 1 saturated carbocycles. The Morgan fingerprint density at radius 1 is 1.30 bits per heavy atom. The van der Waals surface area contributed by atoms with Crippen molar-refractivity contribution in [2.24, 2.45) is 5.41 Å². The molecule has 0 atom stereocenters. The van der Waals surface area contributed by atoms with Gasteiger partial charge in [0.25, 0.3) is 5.82 Å². The van der Waals surface area contributed by atoms with Crippen molar-refractivity contribution in [2.75, 3.05) is 11.9 Å². The molecular weight excluding hydrogens is 271 g/mol. The van der Waals surface area contributed by atoms with Crippen molar-refractivity contribution < 1.29 is 13.2 Å². The Morgan fingerprint density at radius 2 is 2.05 bits per heavy atom. The minimum Gasteiger partial charge on any atom is -0.368 e. The maximum atomic E-state index is 12.7. The second-order valence-corrected chi connectivity index (χ2v) is 5.22. The topological polar surface area (TPSA) is 55.1 Å². The van der Waals surface area contributed by atoms with E-state index >= 15 is 0 Å². The highest BCUT2D eigenvalue weighted by molar-refractivity contribution is 5.44. The molecule has 0 spiro atoms. The van der Waals surface area contributed by atoms with Crippen LogP contribution in [0.3, 0.4) is 0 Å². The quantitative estimate of drug-likeness (QED) is 0.938. The molecule has 2 heterocycles. The Kier molecular flexibility index (Phi) is 2.84. The molecule has 1 aliphatic rings. The van der Waals surface area contributed by atoms with Gasteiger partial charge in [0.15, 0.2) is 5.65 Å². The summed E-state index contributed by atoms with van der Waals surface area (Å²) in [7, 11) is 0. The van der Waals surface area contributed by atoms with Gasteiger partial charge in [0, 0.05) is 6.54 Å². The largest absolute Gasteiger partial charge is 0.453 e. The van der Waals surface area contributed by atoms with E-state index in [-0.39, 0.29) is 11.1 Å². The van der Waals surface area contributed by atoms with Crippen LogP contribution in [-0.4, -0.2) is 26.4 Å². The van der Waals surface area contributed by atoms with Gasteiger partial charge in [0.2, 0.25) is 0 Å². The first-order valence-electron chi connectivity index (χ1n) is 6.47. The third-order valence-electron chi connectivity index (χ3n) is 3.87. The van der Waals surface area contributed by atoms with Gasteiger partial charge >= 0.3 is 6.18 Å². The number of anilines is 1. The third kappa shape index (κ3) is 2.30. The van der Waals surface area contributed by atoms with E-state index < -0.39 is 12.0 Å². The molecule has 1 N–H and O–H groups in total. The summed E-state index contributed by atoms with van der Waals surface area (Å²) < 4.78 is 38.9. The Balaban J connectivity index is 1.86. The van der Waals surface area contributed by atoms with Crippen molar-refractivity contribution in [2.45, 2.75) is 32.4 Å². The number of hydrogen-bond donors (Lipinski definition) is 1. The SMILES string of the molecule is CCC1(CNc2ccc3nnc(C(F)(F)F)n3n2)CC1. The molecule has 0 aromatic carbocycles. The monoisotopic (exact) mass is 285 g/mol. The lowest BCUT2D eigenvalue weighted by molar-refractivity contribution is -0.146. The Labute approximate surface area is 113 Å². The molecule has 2 aromatic heterocycles. The van der Waals surface area contributed by atoms with E-state index in [1.54, 1.807) is 6.07 Å². The number of nitrogens with zero attached hydrogens (tertiary/aromatic N) is 4. The second kappa shape index (κ2) is 4.32. The second-order valence-electron chi connectivity index (χ2n) is 5.22. The predicted octanol–water partition coefficient (Wildman–Crippen LogP) is 2.75. The summed E-state index contributed by atoms with van der Waals surface area (Å²) in [6, 6.07) is 3.10. The lowest BCUT2D eigenvalue weighted by atomic mass is 10.0. The summed E-state index contributed by atoms with van der Waals surface area (Å²) in [5.74, 6) is -0.699. The molecule has 2 aromatic rings. The van der Waals surface area contributed by atoms with Crippen LogP contribution in [0.1, 0.15) is 32.0 Å². The molecule has 3 rings (SSSR count). The number of alkyl halides is 3. The van der Waals surface area contributed by atoms with Crippen LogP contribution in [0, 0.1) is 5.41 Å². The molecule has 0 aliphatic heterocycles. The summed E-state index contributed by atoms with van der Waals surface area (Å²) in [5.41, 5.74) is 0.371. The number of nitrogens with one attached hydrogen (secondary N) is 1. The van der Waals surface area contributed by atoms with E-state index in [1.165, 1.54) is 6.07 Å². The van der Waals surface area contributed by atoms with Crippen LogP contribution in [0.4, 0.5) is 19.0 Å². The van der Waals surface area contributed by atoms with E-state index in [0.717, 1.165) is 30.3 Å². The fourth-order valence-electron chi connectivity index (χ4n) is 2.17. The zero-order valence-corrected chi connectivity index (χ0v) is 10.9. The zero-order chi connectivity index (χ0) is 14.4. The van der Waals surface area contributed by atoms with E-state index in [1.807, 2.05) is 0 Å². The normalized spacial score (nSPS) is 17.4. The Morgan fingerprint density at radius 3 is 2.65 bits per heavy atom. The van der Waals surface area contributed by atoms with Crippen molar-refractivity contribution in [3.8, 4) is 0 Å². The van der Waals surface area contributed by atoms with Gasteiger partial charge in [-0.1, -0.05) is 6.92 Å². The van der Waals surface area contributed by atoms with E-state index in [0.29, 0.717) is 5.82 Å². The van der Waals surface area contributed by atoms with Crippen LogP contribution in [0.5, 0.6) is 0 Å². The predicted molar refractivity (Wildman–Crippen MR) is 66.2 cm³/mol. The van der Waals surface area contributed by atoms with Gasteiger partial charge < -0.3 is 5.32 Å². The molecule has 0 amide bonds. The molecule has 0 bridgehead atoms. The Bertz CT molecular complexity index is 630. The first-order valence-corrected chi connectivity index (χ1v) is 6.47. The van der Waals surface area contributed by atoms with Crippen LogP contribution in [-0.2, 0) is 6.18 Å². The molecule has 1 aliphatic carbocycles. The Hall–Kier alpha value is -1.86. The van der Waals surface area contributed by atoms with Crippen LogP contribution in [0.25, 0.3) is 5.65 Å². The number of aromatic nitrogens is 4. The van der Waals surface area contributed by atoms with Gasteiger partial charge in [0.05, 0.1) is 0 Å². The minimum atomic E-state index is -4.56. The van der Waals surface area contributed by atoms with Crippen molar-refractivity contribution in [3.05, 3.63) is 18.0 Å². The van der Waals surface area contributed by atoms with Crippen molar-refractivity contribution in [1.29, 1.82) is 0 Å². The third-order valence-corrected chi connectivity index (χ3v) is 3.87. The van der Waals surface area contributed by atoms with Gasteiger partial charge in [-0.25, -0.2) is 0 Å². The molecule has 8 heteroatoms. The number of rotatable bonds is 4. The van der Waals surface area contributed by atoms with Gasteiger partial charge in [-0.05, 0) is 36.8 Å². The van der Waals surface area contributed by atoms with Crippen LogP contribution in [0.15, 0.2) is 12.1 Å². The maximum absolute atomic E-state index is 12.7. The molecule has 0 radical (unpaired) electrons. The summed E-state index contributed by atoms with van der Waals surface area (Å²) >= 11 is 0. The fraction of sp³-hybridized carbons (Fsp3) is 0.583. The summed E-state index contributed by atoms with van der Waals surface area (Å²) in [6.07, 6.45) is -1.20. The van der Waals surface area contributed by atoms with Crippen LogP contribution >= 0.6 is 0 Å². The van der Waals surface area contributed by atoms with Crippen molar-refractivity contribution >= 4 is 11.5 Å². The lowest BCUT2D eigenvalue weighted by Gasteiger charge is -2.13. The summed E-state index contributed by atoms with van der Waals surface area (Å²) in [4.78, 5) is 0. The molecule has 5 nitrogen and oxygen atoms in total. The highest BCUT2D eigenvalue weighted by atomic mass is 19.4. The van der Waals surface area contributed by atoms with Gasteiger partial charge in [-0.3, -0.25) is 0 Å². The maximum Gasteiger partial charge on any atom is 0.453 e. The average molecular weight is 285 g/mol.